The lowest BCUT2D eigenvalue weighted by atomic mass is 9.33. The van der Waals surface area contributed by atoms with Crippen LogP contribution in [-0.4, -0.2) is 6.71 Å². The Morgan fingerprint density at radius 3 is 1.18 bits per heavy atom. The minimum Gasteiger partial charge on any atom is -0.311 e. The fraction of sp³-hybridized carbons (Fsp3) is 0.323. The molecule has 0 atom stereocenters. The SMILES string of the molecule is CC(C)(C)c1ccc(-c2cc(C(C)(C)C)ccc2N2c3ccc(C(C)(C)C)cc3B3c4cc(C(C)(C)C)ccc4N(c4ccc(C(C)(C)C)cc4)c4cc(-c5ccccc5)cc2c43)cc1. The predicted octanol–water partition coefficient (Wildman–Crippen LogP) is 15.6. The van der Waals surface area contributed by atoms with Gasteiger partial charge in [0.15, 0.2) is 0 Å². The normalized spacial score (nSPS) is 14.0. The molecule has 7 aromatic rings. The lowest BCUT2D eigenvalue weighted by Gasteiger charge is -2.45. The third kappa shape index (κ3) is 8.04. The van der Waals surface area contributed by atoms with Gasteiger partial charge in [0.25, 0.3) is 6.71 Å². The summed E-state index contributed by atoms with van der Waals surface area (Å²) in [7, 11) is 0. The van der Waals surface area contributed by atoms with Crippen molar-refractivity contribution in [3.05, 3.63) is 173 Å². The van der Waals surface area contributed by atoms with Crippen LogP contribution in [0.2, 0.25) is 0 Å². The van der Waals surface area contributed by atoms with Crippen molar-refractivity contribution in [2.24, 2.45) is 0 Å². The summed E-state index contributed by atoms with van der Waals surface area (Å²) in [4.78, 5) is 5.20. The zero-order chi connectivity index (χ0) is 46.6. The highest BCUT2D eigenvalue weighted by Crippen LogP contribution is 2.49. The molecule has 0 saturated carbocycles. The van der Waals surface area contributed by atoms with Gasteiger partial charge in [-0.1, -0.05) is 201 Å². The molecule has 2 aliphatic rings. The van der Waals surface area contributed by atoms with Crippen molar-refractivity contribution in [1.29, 1.82) is 0 Å². The molecule has 0 radical (unpaired) electrons. The van der Waals surface area contributed by atoms with Crippen LogP contribution in [0.1, 0.15) is 132 Å². The lowest BCUT2D eigenvalue weighted by molar-refractivity contribution is 0.590. The van der Waals surface area contributed by atoms with Gasteiger partial charge < -0.3 is 9.80 Å². The predicted molar refractivity (Wildman–Crippen MR) is 285 cm³/mol. The Bertz CT molecular complexity index is 2920. The highest BCUT2D eigenvalue weighted by Gasteiger charge is 2.45. The van der Waals surface area contributed by atoms with Gasteiger partial charge in [0, 0.05) is 34.0 Å². The molecule has 0 fully saturated rings. The van der Waals surface area contributed by atoms with Crippen molar-refractivity contribution in [2.45, 2.75) is 131 Å². The van der Waals surface area contributed by atoms with Crippen molar-refractivity contribution in [3.8, 4) is 22.3 Å². The van der Waals surface area contributed by atoms with E-state index in [-0.39, 0.29) is 33.8 Å². The molecule has 0 saturated heterocycles. The molecule has 0 spiro atoms. The molecule has 2 nitrogen and oxygen atoms in total. The van der Waals surface area contributed by atoms with E-state index in [1.165, 1.54) is 101 Å². The number of fused-ring (bicyclic) bond motifs is 4. The maximum absolute atomic E-state index is 2.63. The summed E-state index contributed by atoms with van der Waals surface area (Å²) in [6.45, 7) is 34.9. The summed E-state index contributed by atoms with van der Waals surface area (Å²) in [6, 6.07) is 56.6. The van der Waals surface area contributed by atoms with Crippen LogP contribution in [0.25, 0.3) is 22.3 Å². The quantitative estimate of drug-likeness (QED) is 0.163. The number of hydrogen-bond acceptors (Lipinski definition) is 2. The zero-order valence-electron chi connectivity index (χ0n) is 41.8. The summed E-state index contributed by atoms with van der Waals surface area (Å²) in [5.74, 6) is 0. The average molecular weight is 853 g/mol. The molecule has 0 bridgehead atoms. The van der Waals surface area contributed by atoms with Crippen LogP contribution in [0.3, 0.4) is 0 Å². The number of anilines is 6. The molecule has 0 aliphatic carbocycles. The molecular formula is C62H69BN2. The van der Waals surface area contributed by atoms with E-state index in [2.05, 4.69) is 259 Å². The highest BCUT2D eigenvalue weighted by molar-refractivity contribution is 7.00. The van der Waals surface area contributed by atoms with Gasteiger partial charge in [-0.2, -0.15) is 0 Å². The maximum atomic E-state index is 2.63. The van der Waals surface area contributed by atoms with Crippen LogP contribution in [0.15, 0.2) is 146 Å². The third-order valence-corrected chi connectivity index (χ3v) is 14.1. The summed E-state index contributed by atoms with van der Waals surface area (Å²) < 4.78 is 0. The van der Waals surface area contributed by atoms with E-state index in [1.54, 1.807) is 0 Å². The molecule has 2 heterocycles. The molecule has 7 aromatic carbocycles. The number of nitrogens with zero attached hydrogens (tertiary/aromatic N) is 2. The van der Waals surface area contributed by atoms with E-state index < -0.39 is 0 Å². The number of hydrogen-bond donors (Lipinski definition) is 0. The Labute approximate surface area is 391 Å². The van der Waals surface area contributed by atoms with Gasteiger partial charge in [0.05, 0.1) is 5.69 Å². The molecule has 0 amide bonds. The summed E-state index contributed by atoms with van der Waals surface area (Å²) in [6.07, 6.45) is 0. The van der Waals surface area contributed by atoms with Crippen LogP contribution < -0.4 is 26.2 Å². The first-order valence-corrected chi connectivity index (χ1v) is 23.9. The monoisotopic (exact) mass is 853 g/mol. The van der Waals surface area contributed by atoms with Gasteiger partial charge in [-0.3, -0.25) is 0 Å². The molecule has 0 unspecified atom stereocenters. The summed E-state index contributed by atoms with van der Waals surface area (Å²) in [5.41, 5.74) is 22.9. The molecule has 0 aromatic heterocycles. The van der Waals surface area contributed by atoms with Gasteiger partial charge in [0.1, 0.15) is 0 Å². The topological polar surface area (TPSA) is 6.48 Å². The maximum Gasteiger partial charge on any atom is 0.252 e. The summed E-state index contributed by atoms with van der Waals surface area (Å²) >= 11 is 0. The third-order valence-electron chi connectivity index (χ3n) is 14.1. The largest absolute Gasteiger partial charge is 0.311 e. The Hall–Kier alpha value is -5.80. The zero-order valence-corrected chi connectivity index (χ0v) is 41.8. The first kappa shape index (κ1) is 44.4. The first-order valence-electron chi connectivity index (χ1n) is 23.9. The van der Waals surface area contributed by atoms with Crippen molar-refractivity contribution >= 4 is 57.2 Å². The van der Waals surface area contributed by atoms with Gasteiger partial charge in [-0.25, -0.2) is 0 Å². The average Bonchev–Trinajstić information content (AvgIpc) is 3.24. The van der Waals surface area contributed by atoms with Crippen LogP contribution in [0, 0.1) is 0 Å². The molecular weight excluding hydrogens is 784 g/mol. The van der Waals surface area contributed by atoms with Gasteiger partial charge in [-0.05, 0) is 137 Å². The van der Waals surface area contributed by atoms with Gasteiger partial charge in [0.2, 0.25) is 0 Å². The number of benzene rings is 7. The molecule has 2 aliphatic heterocycles. The minimum atomic E-state index is -0.0416. The molecule has 9 rings (SSSR count). The van der Waals surface area contributed by atoms with Gasteiger partial charge >= 0.3 is 0 Å². The van der Waals surface area contributed by atoms with Crippen LogP contribution in [-0.2, 0) is 27.1 Å². The molecule has 65 heavy (non-hydrogen) atoms. The minimum absolute atomic E-state index is 0.00383. The van der Waals surface area contributed by atoms with Crippen LogP contribution >= 0.6 is 0 Å². The first-order chi connectivity index (χ1) is 30.4. The van der Waals surface area contributed by atoms with E-state index in [1.807, 2.05) is 0 Å². The highest BCUT2D eigenvalue weighted by atomic mass is 15.2. The van der Waals surface area contributed by atoms with Crippen LogP contribution in [0.5, 0.6) is 0 Å². The van der Waals surface area contributed by atoms with Crippen molar-refractivity contribution in [1.82, 2.24) is 0 Å². The van der Waals surface area contributed by atoms with Crippen molar-refractivity contribution in [3.63, 3.8) is 0 Å². The molecule has 0 N–H and O–H groups in total. The lowest BCUT2D eigenvalue weighted by Crippen LogP contribution is -2.61. The molecule has 330 valence electrons. The van der Waals surface area contributed by atoms with Gasteiger partial charge in [-0.15, -0.1) is 0 Å². The second-order valence-electron chi connectivity index (χ2n) is 24.1. The molecule has 3 heteroatoms. The fourth-order valence-corrected chi connectivity index (χ4v) is 9.96. The van der Waals surface area contributed by atoms with Crippen molar-refractivity contribution in [2.75, 3.05) is 9.80 Å². The van der Waals surface area contributed by atoms with Crippen LogP contribution in [0.4, 0.5) is 34.1 Å². The Morgan fingerprint density at radius 2 is 0.708 bits per heavy atom. The fourth-order valence-electron chi connectivity index (χ4n) is 9.96. The number of rotatable bonds is 4. The van der Waals surface area contributed by atoms with E-state index >= 15 is 0 Å². The standard InChI is InChI=1S/C62H69BN2/c1-58(2,3)43-23-21-41(22-24-43)49-37-45(60(7,8)9)27-32-52(49)65-54-34-29-47(62(13,14)15)39-51(54)63-50-38-46(61(10,11)12)28-33-53(50)64(48-30-25-44(26-31-48)59(4,5)6)55-35-42(36-56(65)57(55)63)40-19-17-16-18-20-40/h16-39H,1-15H3. The van der Waals surface area contributed by atoms with E-state index in [0.29, 0.717) is 0 Å². The Kier molecular flexibility index (Phi) is 10.5. The van der Waals surface area contributed by atoms with E-state index in [4.69, 9.17) is 0 Å². The second kappa shape index (κ2) is 15.4. The summed E-state index contributed by atoms with van der Waals surface area (Å²) in [5, 5.41) is 0. The second-order valence-corrected chi connectivity index (χ2v) is 24.1. The van der Waals surface area contributed by atoms with E-state index in [9.17, 15) is 0 Å². The van der Waals surface area contributed by atoms with Crippen molar-refractivity contribution < 1.29 is 0 Å². The smallest absolute Gasteiger partial charge is 0.252 e. The Morgan fingerprint density at radius 1 is 0.308 bits per heavy atom. The van der Waals surface area contributed by atoms with E-state index in [0.717, 1.165) is 0 Å². The Balaban J connectivity index is 1.43.